The average molecular weight is 734 g/mol. The Kier molecular flexibility index (Phi) is 12.3. The number of carboxylic acid groups (broad SMARTS) is 1. The maximum absolute atomic E-state index is 12.8. The number of esters is 4. The lowest BCUT2D eigenvalue weighted by Gasteiger charge is -2.43. The molecule has 280 valence electrons. The molecule has 5 rings (SSSR count). The number of ether oxygens (including phenoxy) is 7. The molecule has 0 radical (unpaired) electrons. The maximum Gasteiger partial charge on any atom is 0.407 e. The number of alkyl carbamates (subject to hydrolysis) is 1. The summed E-state index contributed by atoms with van der Waals surface area (Å²) < 4.78 is 38.8. The Bertz CT molecular complexity index is 1800. The summed E-state index contributed by atoms with van der Waals surface area (Å²) in [5.74, 6) is -4.34. The molecule has 1 saturated heterocycles. The van der Waals surface area contributed by atoms with E-state index < -0.39 is 79.3 Å². The third kappa shape index (κ3) is 9.68. The molecule has 15 nitrogen and oxygen atoms in total. The van der Waals surface area contributed by atoms with E-state index in [0.29, 0.717) is 5.56 Å². The van der Waals surface area contributed by atoms with Crippen molar-refractivity contribution in [2.45, 2.75) is 76.8 Å². The van der Waals surface area contributed by atoms with Gasteiger partial charge in [0.15, 0.2) is 12.2 Å². The molecule has 3 aromatic rings. The lowest BCUT2D eigenvalue weighted by molar-refractivity contribution is -0.288. The van der Waals surface area contributed by atoms with Crippen LogP contribution in [0.25, 0.3) is 11.1 Å². The van der Waals surface area contributed by atoms with E-state index in [-0.39, 0.29) is 24.7 Å². The maximum atomic E-state index is 12.8. The topological polar surface area (TPSA) is 199 Å². The Labute approximate surface area is 304 Å². The average Bonchev–Trinajstić information content (AvgIpc) is 3.42. The smallest absolute Gasteiger partial charge is 0.407 e. The van der Waals surface area contributed by atoms with Crippen LogP contribution in [0.2, 0.25) is 0 Å². The summed E-state index contributed by atoms with van der Waals surface area (Å²) in [7, 11) is 0. The van der Waals surface area contributed by atoms with Crippen LogP contribution in [0.5, 0.6) is 5.75 Å². The quantitative estimate of drug-likeness (QED) is 0.190. The molecule has 0 aromatic heterocycles. The van der Waals surface area contributed by atoms with Gasteiger partial charge in [-0.1, -0.05) is 60.7 Å². The first kappa shape index (κ1) is 38.3. The van der Waals surface area contributed by atoms with Gasteiger partial charge in [-0.05, 0) is 39.9 Å². The second-order valence-corrected chi connectivity index (χ2v) is 12.4. The Hall–Kier alpha value is -5.96. The number of hydrogen-bond acceptors (Lipinski definition) is 13. The summed E-state index contributed by atoms with van der Waals surface area (Å²) in [6.07, 6.45) is -7.86. The predicted molar refractivity (Wildman–Crippen MR) is 182 cm³/mol. The first-order valence-corrected chi connectivity index (χ1v) is 16.7. The van der Waals surface area contributed by atoms with Crippen molar-refractivity contribution in [1.29, 1.82) is 0 Å². The van der Waals surface area contributed by atoms with Crippen molar-refractivity contribution in [3.8, 4) is 16.9 Å². The first-order chi connectivity index (χ1) is 25.3. The monoisotopic (exact) mass is 733 g/mol. The molecule has 15 heteroatoms. The second kappa shape index (κ2) is 17.0. The fraction of sp³-hybridized carbons (Fsp3) is 0.368. The van der Waals surface area contributed by atoms with Crippen LogP contribution >= 0.6 is 0 Å². The highest BCUT2D eigenvalue weighted by atomic mass is 16.7. The molecule has 0 bridgehead atoms. The van der Waals surface area contributed by atoms with Crippen LogP contribution in [-0.2, 0) is 58.8 Å². The van der Waals surface area contributed by atoms with Gasteiger partial charge < -0.3 is 43.6 Å². The molecule has 1 fully saturated rings. The highest BCUT2D eigenvalue weighted by molar-refractivity contribution is 5.81. The number of benzene rings is 3. The number of carboxylic acids is 1. The summed E-state index contributed by atoms with van der Waals surface area (Å²) in [6.45, 7) is 4.07. The lowest BCUT2D eigenvalue weighted by atomic mass is 9.98. The third-order valence-corrected chi connectivity index (χ3v) is 8.50. The molecule has 3 aromatic carbocycles. The molecule has 2 N–H and O–H groups in total. The van der Waals surface area contributed by atoms with Gasteiger partial charge in [0.25, 0.3) is 0 Å². The fourth-order valence-electron chi connectivity index (χ4n) is 6.34. The number of rotatable bonds is 13. The van der Waals surface area contributed by atoms with Crippen molar-refractivity contribution in [3.05, 3.63) is 89.5 Å². The highest BCUT2D eigenvalue weighted by Crippen LogP contribution is 2.44. The Balaban J connectivity index is 1.26. The number of amides is 1. The van der Waals surface area contributed by atoms with E-state index in [1.54, 1.807) is 12.1 Å². The van der Waals surface area contributed by atoms with E-state index in [0.717, 1.165) is 49.9 Å². The minimum absolute atomic E-state index is 0.0114. The van der Waals surface area contributed by atoms with Crippen molar-refractivity contribution < 1.29 is 67.0 Å². The molecule has 0 saturated carbocycles. The standard InChI is InChI=1S/C38H39NO14/c1-20(40)47-19-32-33(49-21(2)41)34(50-22(3)42)35(51-23(4)43)37(53-32)52-25-15-13-24(14-16-25)17-31(36(44)45)39-38(46)48-18-30-28-11-7-5-9-26(28)27-10-6-8-12-29(27)30/h5-16,30-35,37H,17-19H2,1-4H3,(H,39,46)(H,44,45)/t31-,32-,33-,34-,35-,37+/m0/s1. The Morgan fingerprint density at radius 1 is 0.679 bits per heavy atom. The van der Waals surface area contributed by atoms with Crippen molar-refractivity contribution in [2.24, 2.45) is 0 Å². The molecule has 6 atom stereocenters. The number of nitrogens with one attached hydrogen (secondary N) is 1. The zero-order valence-electron chi connectivity index (χ0n) is 29.3. The first-order valence-electron chi connectivity index (χ1n) is 16.7. The van der Waals surface area contributed by atoms with E-state index in [9.17, 15) is 33.9 Å². The summed E-state index contributed by atoms with van der Waals surface area (Å²) in [4.78, 5) is 72.8. The molecule has 1 aliphatic heterocycles. The number of fused-ring (bicyclic) bond motifs is 3. The normalized spacial score (nSPS) is 20.8. The molecular formula is C38H39NO14. The van der Waals surface area contributed by atoms with E-state index in [2.05, 4.69) is 5.32 Å². The van der Waals surface area contributed by atoms with Crippen molar-refractivity contribution >= 4 is 35.9 Å². The van der Waals surface area contributed by atoms with Gasteiger partial charge in [-0.3, -0.25) is 19.2 Å². The SMILES string of the molecule is CC(=O)OC[C@@H]1O[C@@H](Oc2ccc(C[C@H](NC(=O)OCC3c4ccccc4-c4ccccc43)C(=O)O)cc2)[C@@H](OC(C)=O)[C@@H](OC(C)=O)[C@H]1OC(C)=O. The summed E-state index contributed by atoms with van der Waals surface area (Å²) >= 11 is 0. The van der Waals surface area contributed by atoms with E-state index in [1.807, 2.05) is 48.5 Å². The third-order valence-electron chi connectivity index (χ3n) is 8.50. The van der Waals surface area contributed by atoms with Gasteiger partial charge in [0, 0.05) is 40.0 Å². The van der Waals surface area contributed by atoms with Crippen LogP contribution in [0.1, 0.15) is 50.3 Å². The van der Waals surface area contributed by atoms with E-state index in [1.165, 1.54) is 12.1 Å². The second-order valence-electron chi connectivity index (χ2n) is 12.4. The lowest BCUT2D eigenvalue weighted by Crippen LogP contribution is -2.63. The van der Waals surface area contributed by atoms with Gasteiger partial charge in [-0.15, -0.1) is 0 Å². The van der Waals surface area contributed by atoms with Gasteiger partial charge in [0.2, 0.25) is 12.4 Å². The highest BCUT2D eigenvalue weighted by Gasteiger charge is 2.53. The van der Waals surface area contributed by atoms with Gasteiger partial charge in [-0.25, -0.2) is 9.59 Å². The van der Waals surface area contributed by atoms with Crippen LogP contribution in [-0.4, -0.2) is 91.0 Å². The Morgan fingerprint density at radius 3 is 1.77 bits per heavy atom. The van der Waals surface area contributed by atoms with Gasteiger partial charge in [0.05, 0.1) is 0 Å². The van der Waals surface area contributed by atoms with Crippen LogP contribution in [0, 0.1) is 0 Å². The van der Waals surface area contributed by atoms with Gasteiger partial charge >= 0.3 is 35.9 Å². The van der Waals surface area contributed by atoms with Crippen LogP contribution < -0.4 is 10.1 Å². The number of hydrogen-bond donors (Lipinski definition) is 2. The van der Waals surface area contributed by atoms with Crippen molar-refractivity contribution in [2.75, 3.05) is 13.2 Å². The van der Waals surface area contributed by atoms with Gasteiger partial charge in [0.1, 0.15) is 31.1 Å². The summed E-state index contributed by atoms with van der Waals surface area (Å²) in [5, 5.41) is 12.3. The van der Waals surface area contributed by atoms with E-state index >= 15 is 0 Å². The molecule has 2 aliphatic rings. The number of aliphatic carboxylic acids is 1. The molecule has 0 unspecified atom stereocenters. The number of carbonyl (C=O) groups excluding carboxylic acids is 5. The zero-order valence-corrected chi connectivity index (χ0v) is 29.3. The molecule has 1 amide bonds. The van der Waals surface area contributed by atoms with Crippen LogP contribution in [0.4, 0.5) is 4.79 Å². The molecule has 1 heterocycles. The summed E-state index contributed by atoms with van der Waals surface area (Å²) in [5.41, 5.74) is 4.65. The predicted octanol–water partition coefficient (Wildman–Crippen LogP) is 3.68. The van der Waals surface area contributed by atoms with Gasteiger partial charge in [-0.2, -0.15) is 0 Å². The fourth-order valence-corrected chi connectivity index (χ4v) is 6.34. The van der Waals surface area contributed by atoms with Crippen molar-refractivity contribution in [1.82, 2.24) is 5.32 Å². The van der Waals surface area contributed by atoms with Crippen LogP contribution in [0.15, 0.2) is 72.8 Å². The van der Waals surface area contributed by atoms with Crippen LogP contribution in [0.3, 0.4) is 0 Å². The molecule has 1 aliphatic carbocycles. The number of carbonyl (C=O) groups is 6. The Morgan fingerprint density at radius 2 is 1.23 bits per heavy atom. The molecule has 53 heavy (non-hydrogen) atoms. The van der Waals surface area contributed by atoms with E-state index in [4.69, 9.17) is 33.2 Å². The molecular weight excluding hydrogens is 694 g/mol. The zero-order chi connectivity index (χ0) is 38.2. The van der Waals surface area contributed by atoms with Crippen molar-refractivity contribution in [3.63, 3.8) is 0 Å². The summed E-state index contributed by atoms with van der Waals surface area (Å²) in [6, 6.07) is 20.4. The minimum Gasteiger partial charge on any atom is -0.480 e. The minimum atomic E-state index is -1.46. The largest absolute Gasteiger partial charge is 0.480 e. The molecule has 0 spiro atoms.